The Kier molecular flexibility index (Phi) is 6.27. The molecule has 1 N–H and O–H groups in total. The highest BCUT2D eigenvalue weighted by atomic mass is 79.9. The van der Waals surface area contributed by atoms with Gasteiger partial charge in [0.05, 0.1) is 28.5 Å². The van der Waals surface area contributed by atoms with Crippen LogP contribution in [-0.2, 0) is 0 Å². The summed E-state index contributed by atoms with van der Waals surface area (Å²) in [5.74, 6) is 0.542. The fraction of sp³-hybridized carbons (Fsp3) is 0.0455. The smallest absolute Gasteiger partial charge is 0.295 e. The number of carbonyl (C=O) groups excluding carboxylic acids is 1. The Morgan fingerprint density at radius 1 is 1.03 bits per heavy atom. The van der Waals surface area contributed by atoms with Gasteiger partial charge in [0.25, 0.3) is 5.91 Å². The first-order valence-electron chi connectivity index (χ1n) is 9.09. The van der Waals surface area contributed by atoms with Crippen LogP contribution in [0.3, 0.4) is 0 Å². The van der Waals surface area contributed by atoms with Crippen LogP contribution in [0.2, 0.25) is 10.0 Å². The lowest BCUT2D eigenvalue weighted by Crippen LogP contribution is -2.15. The van der Waals surface area contributed by atoms with E-state index >= 15 is 0 Å². The van der Waals surface area contributed by atoms with Crippen LogP contribution < -0.4 is 10.1 Å². The molecule has 0 bridgehead atoms. The summed E-state index contributed by atoms with van der Waals surface area (Å²) in [6.45, 7) is 0. The average Bonchev–Trinajstić information content (AvgIpc) is 3.22. The standard InChI is InChI=1S/C22H15BrCl2N4O2/c1-31-19-5-3-2-4-18(19)26-22(30)20-27-21(13-6-8-14(23)9-7-13)29(28-20)15-10-11-16(24)17(25)12-15/h2-12H,1H3,(H,26,30). The predicted octanol–water partition coefficient (Wildman–Crippen LogP) is 6.26. The van der Waals surface area contributed by atoms with Crippen LogP contribution >= 0.6 is 39.1 Å². The van der Waals surface area contributed by atoms with Gasteiger partial charge in [-0.3, -0.25) is 4.79 Å². The third-order valence-corrected chi connectivity index (χ3v) is 5.68. The molecule has 0 radical (unpaired) electrons. The molecule has 0 spiro atoms. The molecule has 4 aromatic rings. The Hall–Kier alpha value is -2.87. The van der Waals surface area contributed by atoms with Gasteiger partial charge in [0, 0.05) is 10.0 Å². The normalized spacial score (nSPS) is 10.7. The summed E-state index contributed by atoms with van der Waals surface area (Å²) in [5, 5.41) is 8.03. The van der Waals surface area contributed by atoms with E-state index in [1.807, 2.05) is 30.3 Å². The van der Waals surface area contributed by atoms with Crippen molar-refractivity contribution in [3.8, 4) is 22.8 Å². The summed E-state index contributed by atoms with van der Waals surface area (Å²) < 4.78 is 7.77. The van der Waals surface area contributed by atoms with E-state index in [0.717, 1.165) is 10.0 Å². The lowest BCUT2D eigenvalue weighted by Gasteiger charge is -2.08. The Morgan fingerprint density at radius 3 is 2.48 bits per heavy atom. The molecule has 0 fully saturated rings. The van der Waals surface area contributed by atoms with Gasteiger partial charge in [0.1, 0.15) is 5.75 Å². The molecule has 1 amide bonds. The molecule has 1 aromatic heterocycles. The number of halogens is 3. The van der Waals surface area contributed by atoms with E-state index in [2.05, 4.69) is 31.3 Å². The molecule has 3 aromatic carbocycles. The van der Waals surface area contributed by atoms with Gasteiger partial charge in [-0.05, 0) is 42.5 Å². The minimum atomic E-state index is -0.471. The lowest BCUT2D eigenvalue weighted by molar-refractivity contribution is 0.101. The van der Waals surface area contributed by atoms with E-state index < -0.39 is 5.91 Å². The first kappa shape index (κ1) is 21.4. The van der Waals surface area contributed by atoms with Gasteiger partial charge in [0.2, 0.25) is 5.82 Å². The van der Waals surface area contributed by atoms with E-state index in [1.165, 1.54) is 7.11 Å². The second-order valence-electron chi connectivity index (χ2n) is 6.43. The molecule has 0 aliphatic carbocycles. The molecular weight excluding hydrogens is 503 g/mol. The zero-order valence-electron chi connectivity index (χ0n) is 16.1. The summed E-state index contributed by atoms with van der Waals surface area (Å²) in [5.41, 5.74) is 1.92. The zero-order chi connectivity index (χ0) is 22.0. The number of hydrogen-bond donors (Lipinski definition) is 1. The van der Waals surface area contributed by atoms with Crippen LogP contribution in [0.15, 0.2) is 71.2 Å². The van der Waals surface area contributed by atoms with Gasteiger partial charge in [-0.2, -0.15) is 0 Å². The molecule has 156 valence electrons. The van der Waals surface area contributed by atoms with Crippen molar-refractivity contribution in [2.24, 2.45) is 0 Å². The molecular formula is C22H15BrCl2N4O2. The summed E-state index contributed by atoms with van der Waals surface area (Å²) in [6, 6.07) is 19.7. The number of benzene rings is 3. The minimum Gasteiger partial charge on any atom is -0.495 e. The van der Waals surface area contributed by atoms with E-state index in [4.69, 9.17) is 27.9 Å². The van der Waals surface area contributed by atoms with Gasteiger partial charge < -0.3 is 10.1 Å². The number of hydrogen-bond acceptors (Lipinski definition) is 4. The highest BCUT2D eigenvalue weighted by Crippen LogP contribution is 2.29. The van der Waals surface area contributed by atoms with Crippen molar-refractivity contribution in [2.75, 3.05) is 12.4 Å². The van der Waals surface area contributed by atoms with Crippen LogP contribution in [0.1, 0.15) is 10.6 Å². The van der Waals surface area contributed by atoms with E-state index in [-0.39, 0.29) is 5.82 Å². The first-order chi connectivity index (χ1) is 15.0. The van der Waals surface area contributed by atoms with Crippen molar-refractivity contribution in [2.45, 2.75) is 0 Å². The lowest BCUT2D eigenvalue weighted by atomic mass is 10.2. The predicted molar refractivity (Wildman–Crippen MR) is 125 cm³/mol. The number of methoxy groups -OCH3 is 1. The van der Waals surface area contributed by atoms with E-state index in [9.17, 15) is 4.79 Å². The van der Waals surface area contributed by atoms with Gasteiger partial charge in [0.15, 0.2) is 5.82 Å². The van der Waals surface area contributed by atoms with Crippen molar-refractivity contribution < 1.29 is 9.53 Å². The Balaban J connectivity index is 1.78. The minimum absolute atomic E-state index is 0.00472. The molecule has 6 nitrogen and oxygen atoms in total. The number of para-hydroxylation sites is 2. The van der Waals surface area contributed by atoms with Crippen molar-refractivity contribution in [1.29, 1.82) is 0 Å². The maximum absolute atomic E-state index is 12.9. The van der Waals surface area contributed by atoms with Crippen LogP contribution in [0.5, 0.6) is 5.75 Å². The molecule has 4 rings (SSSR count). The van der Waals surface area contributed by atoms with Crippen molar-refractivity contribution in [3.63, 3.8) is 0 Å². The SMILES string of the molecule is COc1ccccc1NC(=O)c1nc(-c2ccc(Br)cc2)n(-c2ccc(Cl)c(Cl)c2)n1. The molecule has 31 heavy (non-hydrogen) atoms. The van der Waals surface area contributed by atoms with Crippen LogP contribution in [0.25, 0.3) is 17.1 Å². The van der Waals surface area contributed by atoms with Crippen LogP contribution in [0.4, 0.5) is 5.69 Å². The highest BCUT2D eigenvalue weighted by molar-refractivity contribution is 9.10. The highest BCUT2D eigenvalue weighted by Gasteiger charge is 2.20. The van der Waals surface area contributed by atoms with E-state index in [0.29, 0.717) is 33.0 Å². The van der Waals surface area contributed by atoms with Crippen molar-refractivity contribution in [3.05, 3.63) is 87.1 Å². The monoisotopic (exact) mass is 516 g/mol. The molecule has 9 heteroatoms. The maximum atomic E-state index is 12.9. The summed E-state index contributed by atoms with van der Waals surface area (Å²) in [4.78, 5) is 17.4. The molecule has 1 heterocycles. The van der Waals surface area contributed by atoms with Crippen molar-refractivity contribution in [1.82, 2.24) is 14.8 Å². The summed E-state index contributed by atoms with van der Waals surface area (Å²) in [6.07, 6.45) is 0. The molecule has 0 unspecified atom stereocenters. The quantitative estimate of drug-likeness (QED) is 0.339. The number of nitrogens with one attached hydrogen (secondary N) is 1. The number of ether oxygens (including phenoxy) is 1. The van der Waals surface area contributed by atoms with Gasteiger partial charge in [-0.15, -0.1) is 5.10 Å². The van der Waals surface area contributed by atoms with Gasteiger partial charge in [-0.25, -0.2) is 9.67 Å². The third-order valence-electron chi connectivity index (χ3n) is 4.42. The van der Waals surface area contributed by atoms with Crippen molar-refractivity contribution >= 4 is 50.7 Å². The fourth-order valence-corrected chi connectivity index (χ4v) is 3.47. The Morgan fingerprint density at radius 2 is 1.77 bits per heavy atom. The second kappa shape index (κ2) is 9.09. The fourth-order valence-electron chi connectivity index (χ4n) is 2.92. The maximum Gasteiger partial charge on any atom is 0.295 e. The molecule has 0 atom stereocenters. The number of carbonyl (C=O) groups is 1. The number of amides is 1. The van der Waals surface area contributed by atoms with E-state index in [1.54, 1.807) is 41.1 Å². The largest absolute Gasteiger partial charge is 0.495 e. The zero-order valence-corrected chi connectivity index (χ0v) is 19.2. The molecule has 0 saturated heterocycles. The number of rotatable bonds is 5. The topological polar surface area (TPSA) is 69.0 Å². The number of nitrogens with zero attached hydrogens (tertiary/aromatic N) is 3. The molecule has 0 aliphatic rings. The first-order valence-corrected chi connectivity index (χ1v) is 10.6. The molecule has 0 saturated carbocycles. The second-order valence-corrected chi connectivity index (χ2v) is 8.16. The van der Waals surface area contributed by atoms with Crippen LogP contribution in [-0.4, -0.2) is 27.8 Å². The number of aromatic nitrogens is 3. The molecule has 0 aliphatic heterocycles. The average molecular weight is 518 g/mol. The number of anilines is 1. The third kappa shape index (κ3) is 4.58. The Bertz CT molecular complexity index is 1260. The van der Waals surface area contributed by atoms with Crippen LogP contribution in [0, 0.1) is 0 Å². The summed E-state index contributed by atoms with van der Waals surface area (Å²) >= 11 is 15.7. The Labute approximate surface area is 196 Å². The van der Waals surface area contributed by atoms with Gasteiger partial charge >= 0.3 is 0 Å². The summed E-state index contributed by atoms with van der Waals surface area (Å²) in [7, 11) is 1.54. The van der Waals surface area contributed by atoms with Gasteiger partial charge in [-0.1, -0.05) is 63.4 Å².